The molecule has 112 valence electrons. The lowest BCUT2D eigenvalue weighted by molar-refractivity contribution is -0.129. The molecule has 0 spiro atoms. The molecule has 1 saturated heterocycles. The maximum absolute atomic E-state index is 12.4. The van der Waals surface area contributed by atoms with E-state index in [0.29, 0.717) is 19.4 Å². The molecular formula is C10H22N4O4S. The van der Waals surface area contributed by atoms with E-state index < -0.39 is 16.1 Å². The Labute approximate surface area is 113 Å². The molecule has 1 heterocycles. The molecule has 1 amide bonds. The first-order valence-electron chi connectivity index (χ1n) is 6.35. The number of nitrogens with two attached hydrogens (primary N) is 1. The molecule has 0 aliphatic carbocycles. The zero-order chi connectivity index (χ0) is 14.5. The Balaban J connectivity index is 2.79. The van der Waals surface area contributed by atoms with Gasteiger partial charge in [-0.3, -0.25) is 10.0 Å². The van der Waals surface area contributed by atoms with E-state index in [1.165, 1.54) is 9.79 Å². The summed E-state index contributed by atoms with van der Waals surface area (Å²) in [4.78, 5) is 11.2. The Morgan fingerprint density at radius 1 is 1.58 bits per heavy atom. The second kappa shape index (κ2) is 7.15. The van der Waals surface area contributed by atoms with Gasteiger partial charge in [0, 0.05) is 25.7 Å². The average molecular weight is 294 g/mol. The fraction of sp³-hybridized carbons (Fsp3) is 0.900. The fourth-order valence-corrected chi connectivity index (χ4v) is 3.62. The maximum atomic E-state index is 12.4. The van der Waals surface area contributed by atoms with Crippen LogP contribution in [-0.4, -0.2) is 60.4 Å². The number of hydroxylamine groups is 1. The van der Waals surface area contributed by atoms with Gasteiger partial charge < -0.3 is 5.73 Å². The lowest BCUT2D eigenvalue weighted by Gasteiger charge is -2.26. The monoisotopic (exact) mass is 294 g/mol. The van der Waals surface area contributed by atoms with Crippen molar-refractivity contribution in [2.45, 2.75) is 32.2 Å². The summed E-state index contributed by atoms with van der Waals surface area (Å²) in [6.45, 7) is 2.43. The predicted octanol–water partition coefficient (Wildman–Crippen LogP) is -1.13. The van der Waals surface area contributed by atoms with Crippen LogP contribution in [0.25, 0.3) is 0 Å². The second-order valence-corrected chi connectivity index (χ2v) is 6.57. The van der Waals surface area contributed by atoms with Crippen LogP contribution in [-0.2, 0) is 15.0 Å². The SMILES string of the molecule is CCCCN(CC(=O)NO)S(=O)(=O)N1CCC(N)C1. The molecule has 0 aromatic rings. The van der Waals surface area contributed by atoms with E-state index in [2.05, 4.69) is 0 Å². The van der Waals surface area contributed by atoms with Gasteiger partial charge in [-0.2, -0.15) is 17.0 Å². The summed E-state index contributed by atoms with van der Waals surface area (Å²) in [5, 5.41) is 8.53. The molecule has 1 rings (SSSR count). The van der Waals surface area contributed by atoms with E-state index in [1.54, 1.807) is 0 Å². The first kappa shape index (κ1) is 16.3. The van der Waals surface area contributed by atoms with Gasteiger partial charge in [0.05, 0.1) is 6.54 Å². The Bertz CT molecular complexity index is 400. The molecule has 9 heteroatoms. The number of nitrogens with one attached hydrogen (secondary N) is 1. The van der Waals surface area contributed by atoms with Gasteiger partial charge >= 0.3 is 0 Å². The lowest BCUT2D eigenvalue weighted by atomic mass is 10.3. The molecule has 8 nitrogen and oxygen atoms in total. The standard InChI is InChI=1S/C10H22N4O4S/c1-2-3-5-13(8-10(15)12-16)19(17,18)14-6-4-9(11)7-14/h9,16H,2-8,11H2,1H3,(H,12,15). The van der Waals surface area contributed by atoms with Gasteiger partial charge in [0.2, 0.25) is 0 Å². The van der Waals surface area contributed by atoms with Crippen molar-refractivity contribution in [2.24, 2.45) is 5.73 Å². The number of carbonyl (C=O) groups is 1. The Morgan fingerprint density at radius 3 is 2.74 bits per heavy atom. The van der Waals surface area contributed by atoms with Crippen LogP contribution in [0.5, 0.6) is 0 Å². The van der Waals surface area contributed by atoms with Gasteiger partial charge in [0.15, 0.2) is 0 Å². The topological polar surface area (TPSA) is 116 Å². The Morgan fingerprint density at radius 2 is 2.26 bits per heavy atom. The van der Waals surface area contributed by atoms with Crippen molar-refractivity contribution in [1.82, 2.24) is 14.1 Å². The molecule has 0 aromatic heterocycles. The van der Waals surface area contributed by atoms with Gasteiger partial charge in [-0.15, -0.1) is 0 Å². The number of nitrogens with zero attached hydrogens (tertiary/aromatic N) is 2. The van der Waals surface area contributed by atoms with E-state index in [4.69, 9.17) is 10.9 Å². The summed E-state index contributed by atoms with van der Waals surface area (Å²) in [7, 11) is -3.70. The number of amides is 1. The summed E-state index contributed by atoms with van der Waals surface area (Å²) in [6.07, 6.45) is 2.08. The minimum Gasteiger partial charge on any atom is -0.326 e. The third kappa shape index (κ3) is 4.39. The van der Waals surface area contributed by atoms with Gasteiger partial charge in [-0.25, -0.2) is 5.48 Å². The van der Waals surface area contributed by atoms with Crippen LogP contribution in [0, 0.1) is 0 Å². The molecule has 0 saturated carbocycles. The highest BCUT2D eigenvalue weighted by Crippen LogP contribution is 2.16. The smallest absolute Gasteiger partial charge is 0.282 e. The van der Waals surface area contributed by atoms with Crippen LogP contribution in [0.15, 0.2) is 0 Å². The minimum absolute atomic E-state index is 0.158. The number of rotatable bonds is 7. The molecule has 0 aromatic carbocycles. The third-order valence-electron chi connectivity index (χ3n) is 3.05. The van der Waals surface area contributed by atoms with Crippen molar-refractivity contribution in [2.75, 3.05) is 26.2 Å². The number of unbranched alkanes of at least 4 members (excludes halogenated alkanes) is 1. The summed E-state index contributed by atoms with van der Waals surface area (Å²) in [6, 6.07) is -0.158. The predicted molar refractivity (Wildman–Crippen MR) is 69.5 cm³/mol. The van der Waals surface area contributed by atoms with Gasteiger partial charge in [-0.05, 0) is 12.8 Å². The van der Waals surface area contributed by atoms with Crippen molar-refractivity contribution < 1.29 is 18.4 Å². The first-order valence-corrected chi connectivity index (χ1v) is 7.75. The van der Waals surface area contributed by atoms with Crippen LogP contribution < -0.4 is 11.2 Å². The summed E-state index contributed by atoms with van der Waals surface area (Å²) in [5.74, 6) is -0.747. The van der Waals surface area contributed by atoms with Crippen molar-refractivity contribution in [3.8, 4) is 0 Å². The molecule has 1 unspecified atom stereocenters. The van der Waals surface area contributed by atoms with E-state index in [-0.39, 0.29) is 25.7 Å². The molecular weight excluding hydrogens is 272 g/mol. The third-order valence-corrected chi connectivity index (χ3v) is 4.99. The highest BCUT2D eigenvalue weighted by atomic mass is 32.2. The molecule has 1 atom stereocenters. The number of hydrogen-bond acceptors (Lipinski definition) is 5. The highest BCUT2D eigenvalue weighted by Gasteiger charge is 2.34. The lowest BCUT2D eigenvalue weighted by Crippen LogP contribution is -2.47. The van der Waals surface area contributed by atoms with Crippen molar-refractivity contribution in [3.05, 3.63) is 0 Å². The van der Waals surface area contributed by atoms with E-state index in [9.17, 15) is 13.2 Å². The molecule has 0 bridgehead atoms. The van der Waals surface area contributed by atoms with Crippen LogP contribution in [0.1, 0.15) is 26.2 Å². The van der Waals surface area contributed by atoms with Crippen LogP contribution in [0.3, 0.4) is 0 Å². The maximum Gasteiger partial charge on any atom is 0.282 e. The average Bonchev–Trinajstić information content (AvgIpc) is 2.81. The van der Waals surface area contributed by atoms with Gasteiger partial charge in [0.1, 0.15) is 0 Å². The molecule has 1 fully saturated rings. The second-order valence-electron chi connectivity index (χ2n) is 4.64. The van der Waals surface area contributed by atoms with Crippen LogP contribution in [0.2, 0.25) is 0 Å². The summed E-state index contributed by atoms with van der Waals surface area (Å²) >= 11 is 0. The zero-order valence-corrected chi connectivity index (χ0v) is 11.9. The highest BCUT2D eigenvalue weighted by molar-refractivity contribution is 7.86. The normalized spacial score (nSPS) is 20.9. The first-order chi connectivity index (χ1) is 8.91. The molecule has 0 radical (unpaired) electrons. The van der Waals surface area contributed by atoms with Crippen molar-refractivity contribution in [1.29, 1.82) is 0 Å². The zero-order valence-electron chi connectivity index (χ0n) is 11.1. The van der Waals surface area contributed by atoms with Crippen LogP contribution >= 0.6 is 0 Å². The van der Waals surface area contributed by atoms with Crippen LogP contribution in [0.4, 0.5) is 0 Å². The summed E-state index contributed by atoms with van der Waals surface area (Å²) < 4.78 is 27.1. The molecule has 4 N–H and O–H groups in total. The Kier molecular flexibility index (Phi) is 6.14. The van der Waals surface area contributed by atoms with E-state index in [0.717, 1.165) is 10.7 Å². The Hall–Kier alpha value is -0.740. The largest absolute Gasteiger partial charge is 0.326 e. The van der Waals surface area contributed by atoms with Gasteiger partial charge in [0.25, 0.3) is 16.1 Å². The molecule has 1 aliphatic rings. The number of carbonyl (C=O) groups excluding carboxylic acids is 1. The van der Waals surface area contributed by atoms with Gasteiger partial charge in [-0.1, -0.05) is 13.3 Å². The fourth-order valence-electron chi connectivity index (χ4n) is 1.93. The van der Waals surface area contributed by atoms with E-state index in [1.807, 2.05) is 6.92 Å². The number of hydrogen-bond donors (Lipinski definition) is 3. The van der Waals surface area contributed by atoms with Crippen molar-refractivity contribution >= 4 is 16.1 Å². The quantitative estimate of drug-likeness (QED) is 0.406. The molecule has 19 heavy (non-hydrogen) atoms. The van der Waals surface area contributed by atoms with Crippen molar-refractivity contribution in [3.63, 3.8) is 0 Å². The molecule has 1 aliphatic heterocycles. The van der Waals surface area contributed by atoms with E-state index >= 15 is 0 Å². The minimum atomic E-state index is -3.70. The summed E-state index contributed by atoms with van der Waals surface area (Å²) in [5.41, 5.74) is 7.16.